The number of rotatable bonds is 3. The van der Waals surface area contributed by atoms with E-state index in [9.17, 15) is 9.18 Å². The van der Waals surface area contributed by atoms with Crippen LogP contribution in [0.2, 0.25) is 5.02 Å². The second-order valence-electron chi connectivity index (χ2n) is 2.77. The SMILES string of the molecule is O=C(O)CCc1ccc(O)c(Cl)c1F. The molecule has 3 nitrogen and oxygen atoms in total. The number of halogens is 2. The summed E-state index contributed by atoms with van der Waals surface area (Å²) in [4.78, 5) is 10.2. The first-order chi connectivity index (χ1) is 6.52. The molecule has 0 fully saturated rings. The molecule has 0 heterocycles. The van der Waals surface area contributed by atoms with Gasteiger partial charge in [0.1, 0.15) is 16.6 Å². The average molecular weight is 219 g/mol. The monoisotopic (exact) mass is 218 g/mol. The smallest absolute Gasteiger partial charge is 0.303 e. The molecule has 0 bridgehead atoms. The Bertz CT molecular complexity index is 365. The van der Waals surface area contributed by atoms with E-state index >= 15 is 0 Å². The normalized spacial score (nSPS) is 10.1. The number of aliphatic carboxylic acids is 1. The number of carboxylic acids is 1. The highest BCUT2D eigenvalue weighted by Gasteiger charge is 2.11. The van der Waals surface area contributed by atoms with E-state index in [1.165, 1.54) is 12.1 Å². The number of carboxylic acid groups (broad SMARTS) is 1. The highest BCUT2D eigenvalue weighted by Crippen LogP contribution is 2.28. The van der Waals surface area contributed by atoms with E-state index in [0.717, 1.165) is 0 Å². The summed E-state index contributed by atoms with van der Waals surface area (Å²) in [6.45, 7) is 0. The van der Waals surface area contributed by atoms with Crippen LogP contribution in [0.4, 0.5) is 4.39 Å². The first kappa shape index (κ1) is 10.8. The van der Waals surface area contributed by atoms with Crippen LogP contribution < -0.4 is 0 Å². The van der Waals surface area contributed by atoms with Gasteiger partial charge in [0, 0.05) is 6.42 Å². The van der Waals surface area contributed by atoms with Crippen LogP contribution in [-0.4, -0.2) is 16.2 Å². The molecule has 1 rings (SSSR count). The maximum atomic E-state index is 13.2. The van der Waals surface area contributed by atoms with Crippen molar-refractivity contribution in [3.8, 4) is 5.75 Å². The number of phenolic OH excluding ortho intramolecular Hbond substituents is 1. The zero-order valence-electron chi connectivity index (χ0n) is 7.13. The van der Waals surface area contributed by atoms with Gasteiger partial charge in [0.2, 0.25) is 0 Å². The van der Waals surface area contributed by atoms with Crippen LogP contribution in [0.3, 0.4) is 0 Å². The van der Waals surface area contributed by atoms with Crippen molar-refractivity contribution in [1.82, 2.24) is 0 Å². The molecule has 0 saturated heterocycles. The van der Waals surface area contributed by atoms with Crippen LogP contribution in [0, 0.1) is 5.82 Å². The van der Waals surface area contributed by atoms with Gasteiger partial charge in [-0.1, -0.05) is 17.7 Å². The van der Waals surface area contributed by atoms with Gasteiger partial charge >= 0.3 is 5.97 Å². The van der Waals surface area contributed by atoms with E-state index in [1.54, 1.807) is 0 Å². The number of aryl methyl sites for hydroxylation is 1. The first-order valence-electron chi connectivity index (χ1n) is 3.90. The molecule has 0 aliphatic heterocycles. The van der Waals surface area contributed by atoms with Crippen molar-refractivity contribution in [2.45, 2.75) is 12.8 Å². The number of hydrogen-bond acceptors (Lipinski definition) is 2. The molecule has 1 aromatic rings. The van der Waals surface area contributed by atoms with Crippen molar-refractivity contribution in [1.29, 1.82) is 0 Å². The third-order valence-corrected chi connectivity index (χ3v) is 2.11. The molecule has 0 radical (unpaired) electrons. The molecule has 0 atom stereocenters. The van der Waals surface area contributed by atoms with Crippen molar-refractivity contribution in [3.63, 3.8) is 0 Å². The number of phenols is 1. The van der Waals surface area contributed by atoms with Crippen LogP contribution in [0.25, 0.3) is 0 Å². The molecule has 0 unspecified atom stereocenters. The molecule has 14 heavy (non-hydrogen) atoms. The molecule has 2 N–H and O–H groups in total. The maximum Gasteiger partial charge on any atom is 0.303 e. The van der Waals surface area contributed by atoms with Crippen LogP contribution in [-0.2, 0) is 11.2 Å². The summed E-state index contributed by atoms with van der Waals surface area (Å²) in [5.74, 6) is -2.11. The molecule has 0 aromatic heterocycles. The molecule has 5 heteroatoms. The Kier molecular flexibility index (Phi) is 3.30. The predicted molar refractivity (Wildman–Crippen MR) is 49.0 cm³/mol. The molecule has 0 saturated carbocycles. The van der Waals surface area contributed by atoms with Gasteiger partial charge in [0.05, 0.1) is 0 Å². The van der Waals surface area contributed by atoms with Gasteiger partial charge in [0.25, 0.3) is 0 Å². The van der Waals surface area contributed by atoms with Gasteiger partial charge in [-0.3, -0.25) is 4.79 Å². The third kappa shape index (κ3) is 2.35. The van der Waals surface area contributed by atoms with Crippen molar-refractivity contribution < 1.29 is 19.4 Å². The topological polar surface area (TPSA) is 57.5 Å². The minimum Gasteiger partial charge on any atom is -0.506 e. The summed E-state index contributed by atoms with van der Waals surface area (Å²) in [6, 6.07) is 2.56. The Morgan fingerprint density at radius 3 is 2.71 bits per heavy atom. The molecular formula is C9H8ClFO3. The summed E-state index contributed by atoms with van der Waals surface area (Å²) >= 11 is 5.43. The minimum atomic E-state index is -1.01. The summed E-state index contributed by atoms with van der Waals surface area (Å²) in [7, 11) is 0. The Morgan fingerprint density at radius 1 is 1.50 bits per heavy atom. The predicted octanol–water partition coefficient (Wildman–Crippen LogP) is 2.20. The molecule has 0 aliphatic carbocycles. The number of hydrogen-bond donors (Lipinski definition) is 2. The number of benzene rings is 1. The summed E-state index contributed by atoms with van der Waals surface area (Å²) in [6.07, 6.45) is -0.112. The fourth-order valence-electron chi connectivity index (χ4n) is 1.01. The van der Waals surface area contributed by atoms with Crippen molar-refractivity contribution >= 4 is 17.6 Å². The first-order valence-corrected chi connectivity index (χ1v) is 4.28. The molecular weight excluding hydrogens is 211 g/mol. The Morgan fingerprint density at radius 2 is 2.14 bits per heavy atom. The lowest BCUT2D eigenvalue weighted by Crippen LogP contribution is -1.99. The van der Waals surface area contributed by atoms with Crippen molar-refractivity contribution in [2.24, 2.45) is 0 Å². The van der Waals surface area contributed by atoms with E-state index in [0.29, 0.717) is 0 Å². The fourth-order valence-corrected chi connectivity index (χ4v) is 1.20. The van der Waals surface area contributed by atoms with Crippen molar-refractivity contribution in [2.75, 3.05) is 0 Å². The molecule has 76 valence electrons. The van der Waals surface area contributed by atoms with Crippen LogP contribution in [0.15, 0.2) is 12.1 Å². The van der Waals surface area contributed by atoms with Gasteiger partial charge in [-0.25, -0.2) is 4.39 Å². The largest absolute Gasteiger partial charge is 0.506 e. The summed E-state index contributed by atoms with van der Waals surface area (Å²) in [5.41, 5.74) is 0.190. The van der Waals surface area contributed by atoms with Crippen molar-refractivity contribution in [3.05, 3.63) is 28.5 Å². The van der Waals surface area contributed by atoms with E-state index in [-0.39, 0.29) is 29.2 Å². The molecule has 0 aliphatic rings. The minimum absolute atomic E-state index is 0.0567. The Balaban J connectivity index is 2.88. The van der Waals surface area contributed by atoms with Gasteiger partial charge in [-0.05, 0) is 18.1 Å². The van der Waals surface area contributed by atoms with Gasteiger partial charge in [0.15, 0.2) is 0 Å². The van der Waals surface area contributed by atoms with Crippen LogP contribution in [0.1, 0.15) is 12.0 Å². The standard InChI is InChI=1S/C9H8ClFO3/c10-8-6(12)3-1-5(9(8)11)2-4-7(13)14/h1,3,12H,2,4H2,(H,13,14). The van der Waals surface area contributed by atoms with E-state index in [4.69, 9.17) is 21.8 Å². The Hall–Kier alpha value is -1.29. The highest BCUT2D eigenvalue weighted by atomic mass is 35.5. The van der Waals surface area contributed by atoms with Gasteiger partial charge < -0.3 is 10.2 Å². The molecule has 0 spiro atoms. The quantitative estimate of drug-likeness (QED) is 0.818. The zero-order valence-corrected chi connectivity index (χ0v) is 7.88. The Labute approximate surface area is 84.7 Å². The number of aromatic hydroxyl groups is 1. The highest BCUT2D eigenvalue weighted by molar-refractivity contribution is 6.32. The molecule has 1 aromatic carbocycles. The van der Waals surface area contributed by atoms with E-state index < -0.39 is 11.8 Å². The van der Waals surface area contributed by atoms with Crippen LogP contribution >= 0.6 is 11.6 Å². The maximum absolute atomic E-state index is 13.2. The summed E-state index contributed by atoms with van der Waals surface area (Å²) in [5, 5.41) is 17.0. The second kappa shape index (κ2) is 4.28. The second-order valence-corrected chi connectivity index (χ2v) is 3.14. The fraction of sp³-hybridized carbons (Fsp3) is 0.222. The summed E-state index contributed by atoms with van der Waals surface area (Å²) < 4.78 is 13.2. The van der Waals surface area contributed by atoms with E-state index in [1.807, 2.05) is 0 Å². The molecule has 0 amide bonds. The van der Waals surface area contributed by atoms with Crippen LogP contribution in [0.5, 0.6) is 5.75 Å². The lowest BCUT2D eigenvalue weighted by atomic mass is 10.1. The third-order valence-electron chi connectivity index (χ3n) is 1.75. The van der Waals surface area contributed by atoms with E-state index in [2.05, 4.69) is 0 Å². The number of carbonyl (C=O) groups is 1. The lowest BCUT2D eigenvalue weighted by Gasteiger charge is -2.04. The zero-order chi connectivity index (χ0) is 10.7. The average Bonchev–Trinajstić information content (AvgIpc) is 2.13. The lowest BCUT2D eigenvalue weighted by molar-refractivity contribution is -0.136. The van der Waals surface area contributed by atoms with Gasteiger partial charge in [-0.15, -0.1) is 0 Å². The van der Waals surface area contributed by atoms with Gasteiger partial charge in [-0.2, -0.15) is 0 Å².